The maximum Gasteiger partial charge on any atom is 0.191 e. The summed E-state index contributed by atoms with van der Waals surface area (Å²) in [6.07, 6.45) is 4.78. The molecule has 5 nitrogen and oxygen atoms in total. The Morgan fingerprint density at radius 1 is 1.30 bits per heavy atom. The van der Waals surface area contributed by atoms with E-state index in [4.69, 9.17) is 23.2 Å². The zero-order chi connectivity index (χ0) is 16.7. The second-order valence-corrected chi connectivity index (χ2v) is 5.97. The minimum atomic E-state index is 0.498. The SMILES string of the molecule is CCNC(=NCc1ccc(Cl)cc1Cl)NCCc1cnn(C)c1. The molecule has 0 radical (unpaired) electrons. The lowest BCUT2D eigenvalue weighted by Gasteiger charge is -2.11. The van der Waals surface area contributed by atoms with Crippen molar-refractivity contribution in [1.82, 2.24) is 20.4 Å². The molecule has 1 heterocycles. The maximum absolute atomic E-state index is 6.17. The highest BCUT2D eigenvalue weighted by atomic mass is 35.5. The maximum atomic E-state index is 6.17. The number of hydrogen-bond acceptors (Lipinski definition) is 2. The predicted molar refractivity (Wildman–Crippen MR) is 96.2 cm³/mol. The fourth-order valence-electron chi connectivity index (χ4n) is 2.08. The normalized spacial score (nSPS) is 11.6. The quantitative estimate of drug-likeness (QED) is 0.619. The van der Waals surface area contributed by atoms with Gasteiger partial charge < -0.3 is 10.6 Å². The van der Waals surface area contributed by atoms with Crippen molar-refractivity contribution in [3.05, 3.63) is 51.8 Å². The molecule has 7 heteroatoms. The number of halogens is 2. The van der Waals surface area contributed by atoms with Gasteiger partial charge in [-0.2, -0.15) is 5.10 Å². The van der Waals surface area contributed by atoms with E-state index in [1.807, 2.05) is 38.5 Å². The van der Waals surface area contributed by atoms with Crippen LogP contribution in [0.4, 0.5) is 0 Å². The van der Waals surface area contributed by atoms with Gasteiger partial charge in [-0.05, 0) is 36.6 Å². The number of guanidine groups is 1. The highest BCUT2D eigenvalue weighted by Gasteiger charge is 2.03. The average Bonchev–Trinajstić information content (AvgIpc) is 2.91. The van der Waals surface area contributed by atoms with E-state index in [9.17, 15) is 0 Å². The number of aryl methyl sites for hydroxylation is 1. The second-order valence-electron chi connectivity index (χ2n) is 5.13. The summed E-state index contributed by atoms with van der Waals surface area (Å²) < 4.78 is 1.80. The van der Waals surface area contributed by atoms with Crippen LogP contribution in [-0.2, 0) is 20.0 Å². The molecular weight excluding hydrogens is 333 g/mol. The van der Waals surface area contributed by atoms with E-state index < -0.39 is 0 Å². The molecule has 0 saturated heterocycles. The first-order valence-corrected chi connectivity index (χ1v) is 8.27. The highest BCUT2D eigenvalue weighted by Crippen LogP contribution is 2.21. The second kappa shape index (κ2) is 8.79. The molecule has 1 aromatic carbocycles. The molecule has 2 aromatic rings. The largest absolute Gasteiger partial charge is 0.357 e. The highest BCUT2D eigenvalue weighted by molar-refractivity contribution is 6.35. The lowest BCUT2D eigenvalue weighted by Crippen LogP contribution is -2.38. The number of benzene rings is 1. The topological polar surface area (TPSA) is 54.2 Å². The summed E-state index contributed by atoms with van der Waals surface area (Å²) in [6.45, 7) is 4.12. The molecule has 1 aromatic heterocycles. The zero-order valence-corrected chi connectivity index (χ0v) is 14.8. The number of aliphatic imine (C=N–C) groups is 1. The van der Waals surface area contributed by atoms with Crippen molar-refractivity contribution in [1.29, 1.82) is 0 Å². The van der Waals surface area contributed by atoms with Crippen LogP contribution in [0, 0.1) is 0 Å². The summed E-state index contributed by atoms with van der Waals surface area (Å²) in [4.78, 5) is 4.56. The summed E-state index contributed by atoms with van der Waals surface area (Å²) in [5.74, 6) is 0.766. The van der Waals surface area contributed by atoms with Crippen molar-refractivity contribution in [2.24, 2.45) is 12.0 Å². The van der Waals surface area contributed by atoms with Crippen molar-refractivity contribution in [2.75, 3.05) is 13.1 Å². The van der Waals surface area contributed by atoms with Gasteiger partial charge in [0.15, 0.2) is 5.96 Å². The summed E-state index contributed by atoms with van der Waals surface area (Å²) >= 11 is 12.1. The fourth-order valence-corrected chi connectivity index (χ4v) is 2.55. The van der Waals surface area contributed by atoms with Gasteiger partial charge in [0, 0.05) is 36.4 Å². The first-order valence-electron chi connectivity index (χ1n) is 7.52. The Morgan fingerprint density at radius 2 is 2.13 bits per heavy atom. The van der Waals surface area contributed by atoms with E-state index in [-0.39, 0.29) is 0 Å². The fraction of sp³-hybridized carbons (Fsp3) is 0.375. The Balaban J connectivity index is 1.91. The van der Waals surface area contributed by atoms with Crippen molar-refractivity contribution in [3.8, 4) is 0 Å². The van der Waals surface area contributed by atoms with Crippen LogP contribution in [0.3, 0.4) is 0 Å². The monoisotopic (exact) mass is 353 g/mol. The van der Waals surface area contributed by atoms with Crippen molar-refractivity contribution >= 4 is 29.2 Å². The molecule has 23 heavy (non-hydrogen) atoms. The molecule has 0 unspecified atom stereocenters. The molecule has 2 N–H and O–H groups in total. The third kappa shape index (κ3) is 5.77. The van der Waals surface area contributed by atoms with Gasteiger partial charge in [-0.25, -0.2) is 4.99 Å². The predicted octanol–water partition coefficient (Wildman–Crippen LogP) is 3.02. The van der Waals surface area contributed by atoms with Crippen molar-refractivity contribution < 1.29 is 0 Å². The summed E-state index contributed by atoms with van der Waals surface area (Å²) in [5, 5.41) is 12.0. The Hall–Kier alpha value is -1.72. The summed E-state index contributed by atoms with van der Waals surface area (Å²) in [6, 6.07) is 5.45. The van der Waals surface area contributed by atoms with E-state index in [2.05, 4.69) is 20.7 Å². The van der Waals surface area contributed by atoms with Gasteiger partial charge in [-0.1, -0.05) is 29.3 Å². The molecule has 0 aliphatic rings. The summed E-state index contributed by atoms with van der Waals surface area (Å²) in [5.41, 5.74) is 2.14. The Bertz CT molecular complexity index is 666. The van der Waals surface area contributed by atoms with E-state index in [1.54, 1.807) is 10.7 Å². The van der Waals surface area contributed by atoms with Crippen LogP contribution >= 0.6 is 23.2 Å². The minimum Gasteiger partial charge on any atom is -0.357 e. The third-order valence-corrected chi connectivity index (χ3v) is 3.82. The van der Waals surface area contributed by atoms with Gasteiger partial charge in [0.05, 0.1) is 12.7 Å². The molecule has 0 aliphatic carbocycles. The van der Waals surface area contributed by atoms with E-state index in [1.165, 1.54) is 5.56 Å². The van der Waals surface area contributed by atoms with Gasteiger partial charge in [-0.15, -0.1) is 0 Å². The van der Waals surface area contributed by atoms with Crippen LogP contribution < -0.4 is 10.6 Å². The molecule has 0 aliphatic heterocycles. The lowest BCUT2D eigenvalue weighted by molar-refractivity contribution is 0.765. The van der Waals surface area contributed by atoms with E-state index in [0.717, 1.165) is 31.0 Å². The standard InChI is InChI=1S/C16H21Cl2N5/c1-3-19-16(20-7-6-12-9-22-23(2)11-12)21-10-13-4-5-14(17)8-15(13)18/h4-5,8-9,11H,3,6-7,10H2,1-2H3,(H2,19,20,21). The summed E-state index contributed by atoms with van der Waals surface area (Å²) in [7, 11) is 1.91. The van der Waals surface area contributed by atoms with Crippen LogP contribution in [0.5, 0.6) is 0 Å². The lowest BCUT2D eigenvalue weighted by atomic mass is 10.2. The minimum absolute atomic E-state index is 0.498. The van der Waals surface area contributed by atoms with Crippen molar-refractivity contribution in [2.45, 2.75) is 19.9 Å². The molecule has 0 spiro atoms. The van der Waals surface area contributed by atoms with Gasteiger partial charge in [0.1, 0.15) is 0 Å². The molecule has 0 bridgehead atoms. The number of nitrogens with one attached hydrogen (secondary N) is 2. The van der Waals surface area contributed by atoms with Crippen LogP contribution in [0.15, 0.2) is 35.6 Å². The van der Waals surface area contributed by atoms with E-state index in [0.29, 0.717) is 16.6 Å². The number of hydrogen-bond donors (Lipinski definition) is 2. The van der Waals surface area contributed by atoms with Crippen LogP contribution in [0.2, 0.25) is 10.0 Å². The van der Waals surface area contributed by atoms with Crippen molar-refractivity contribution in [3.63, 3.8) is 0 Å². The number of nitrogens with zero attached hydrogens (tertiary/aromatic N) is 3. The number of aromatic nitrogens is 2. The van der Waals surface area contributed by atoms with Gasteiger partial charge in [0.25, 0.3) is 0 Å². The Kier molecular flexibility index (Phi) is 6.74. The molecule has 0 fully saturated rings. The van der Waals surface area contributed by atoms with Crippen LogP contribution in [0.25, 0.3) is 0 Å². The molecular formula is C16H21Cl2N5. The van der Waals surface area contributed by atoms with Gasteiger partial charge in [-0.3, -0.25) is 4.68 Å². The van der Waals surface area contributed by atoms with E-state index >= 15 is 0 Å². The van der Waals surface area contributed by atoms with Crippen LogP contribution in [0.1, 0.15) is 18.1 Å². The first-order chi connectivity index (χ1) is 11.1. The first kappa shape index (κ1) is 17.6. The zero-order valence-electron chi connectivity index (χ0n) is 13.3. The Morgan fingerprint density at radius 3 is 2.78 bits per heavy atom. The smallest absolute Gasteiger partial charge is 0.191 e. The van der Waals surface area contributed by atoms with Gasteiger partial charge >= 0.3 is 0 Å². The molecule has 0 saturated carbocycles. The third-order valence-electron chi connectivity index (χ3n) is 3.23. The molecule has 0 atom stereocenters. The Labute approximate surface area is 146 Å². The molecule has 124 valence electrons. The van der Waals surface area contributed by atoms with Crippen LogP contribution in [-0.4, -0.2) is 28.8 Å². The number of rotatable bonds is 6. The molecule has 0 amide bonds. The van der Waals surface area contributed by atoms with Gasteiger partial charge in [0.2, 0.25) is 0 Å². The molecule has 2 rings (SSSR count). The average molecular weight is 354 g/mol.